The Hall–Kier alpha value is -3.35. The molecule has 1 aliphatic rings. The van der Waals surface area contributed by atoms with Crippen LogP contribution in [0.5, 0.6) is 0 Å². The van der Waals surface area contributed by atoms with E-state index in [0.29, 0.717) is 12.8 Å². The van der Waals surface area contributed by atoms with Gasteiger partial charge < -0.3 is 19.7 Å². The number of benzene rings is 2. The fourth-order valence-electron chi connectivity index (χ4n) is 3.23. The van der Waals surface area contributed by atoms with Crippen LogP contribution in [-0.4, -0.2) is 36.7 Å². The van der Waals surface area contributed by atoms with E-state index in [1.54, 1.807) is 13.8 Å². The van der Waals surface area contributed by atoms with E-state index in [0.717, 1.165) is 16.8 Å². The van der Waals surface area contributed by atoms with E-state index in [4.69, 9.17) is 9.47 Å². The number of alkyl carbamates (subject to hydrolysis) is 1. The third-order valence-electron chi connectivity index (χ3n) is 4.74. The van der Waals surface area contributed by atoms with Crippen molar-refractivity contribution in [1.82, 2.24) is 5.32 Å². The molecule has 0 saturated heterocycles. The number of fused-ring (bicyclic) bond motifs is 1. The monoisotopic (exact) mass is 410 g/mol. The van der Waals surface area contributed by atoms with Crippen LogP contribution in [-0.2, 0) is 32.1 Å². The number of esters is 1. The average Bonchev–Trinajstić information content (AvgIpc) is 2.73. The predicted octanol–water partition coefficient (Wildman–Crippen LogP) is 3.21. The minimum Gasteiger partial charge on any atom is -0.456 e. The molecule has 0 spiro atoms. The lowest BCUT2D eigenvalue weighted by Crippen LogP contribution is -2.45. The van der Waals surface area contributed by atoms with E-state index in [1.807, 2.05) is 54.6 Å². The summed E-state index contributed by atoms with van der Waals surface area (Å²) < 4.78 is 10.7. The van der Waals surface area contributed by atoms with Gasteiger partial charge in [-0.05, 0) is 37.5 Å². The maximum absolute atomic E-state index is 12.5. The molecule has 2 aromatic carbocycles. The molecule has 2 aromatic rings. The van der Waals surface area contributed by atoms with Crippen LogP contribution in [0, 0.1) is 0 Å². The molecule has 0 bridgehead atoms. The van der Waals surface area contributed by atoms with E-state index in [2.05, 4.69) is 5.32 Å². The number of nitrogens with zero attached hydrogens (tertiary/aromatic N) is 1. The quantitative estimate of drug-likeness (QED) is 0.709. The molecule has 1 N–H and O–H groups in total. The lowest BCUT2D eigenvalue weighted by atomic mass is 10.0. The number of ether oxygens (including phenoxy) is 2. The number of carbonyl (C=O) groups excluding carboxylic acids is 3. The van der Waals surface area contributed by atoms with Crippen molar-refractivity contribution >= 4 is 23.7 Å². The Balaban J connectivity index is 1.48. The highest BCUT2D eigenvalue weighted by atomic mass is 16.6. The molecule has 0 aromatic heterocycles. The molecule has 0 fully saturated rings. The summed E-state index contributed by atoms with van der Waals surface area (Å²) in [4.78, 5) is 38.2. The Morgan fingerprint density at radius 1 is 1.03 bits per heavy atom. The minimum atomic E-state index is -0.957. The van der Waals surface area contributed by atoms with Crippen molar-refractivity contribution in [2.24, 2.45) is 0 Å². The fraction of sp³-hybridized carbons (Fsp3) is 0.348. The standard InChI is InChI=1S/C23H26N2O5/c1-23(2,16-24-22(28)29-15-17-8-4-3-5-9-17)30-21(27)14-25-19-11-7-6-10-18(19)12-13-20(25)26/h3-11H,12-16H2,1-2H3,(H,24,28). The van der Waals surface area contributed by atoms with E-state index >= 15 is 0 Å². The smallest absolute Gasteiger partial charge is 0.407 e. The molecule has 0 radical (unpaired) electrons. The number of carbonyl (C=O) groups is 3. The molecule has 7 heteroatoms. The number of hydrogen-bond donors (Lipinski definition) is 1. The highest BCUT2D eigenvalue weighted by Crippen LogP contribution is 2.27. The van der Waals surface area contributed by atoms with Crippen molar-refractivity contribution in [2.75, 3.05) is 18.0 Å². The zero-order chi connectivity index (χ0) is 21.6. The van der Waals surface area contributed by atoms with Gasteiger partial charge in [0.2, 0.25) is 5.91 Å². The second kappa shape index (κ2) is 9.43. The lowest BCUT2D eigenvalue weighted by Gasteiger charge is -2.31. The van der Waals surface area contributed by atoms with Gasteiger partial charge >= 0.3 is 12.1 Å². The molecule has 0 atom stereocenters. The first-order valence-corrected chi connectivity index (χ1v) is 9.89. The molecule has 0 aliphatic carbocycles. The molecule has 2 amide bonds. The first-order chi connectivity index (χ1) is 14.3. The Morgan fingerprint density at radius 2 is 1.73 bits per heavy atom. The number of anilines is 1. The SMILES string of the molecule is CC(C)(CNC(=O)OCc1ccccc1)OC(=O)CN1C(=O)CCc2ccccc21. The van der Waals surface area contributed by atoms with Crippen LogP contribution < -0.4 is 10.2 Å². The first-order valence-electron chi connectivity index (χ1n) is 9.89. The second-order valence-electron chi connectivity index (χ2n) is 7.76. The summed E-state index contributed by atoms with van der Waals surface area (Å²) in [5.74, 6) is -0.643. The molecular weight excluding hydrogens is 384 g/mol. The number of hydrogen-bond acceptors (Lipinski definition) is 5. The van der Waals surface area contributed by atoms with E-state index in [1.165, 1.54) is 4.90 Å². The summed E-state index contributed by atoms with van der Waals surface area (Å²) in [5.41, 5.74) is 1.70. The highest BCUT2D eigenvalue weighted by Gasteiger charge is 2.29. The molecule has 0 unspecified atom stereocenters. The summed E-state index contributed by atoms with van der Waals surface area (Å²) in [5, 5.41) is 2.61. The minimum absolute atomic E-state index is 0.0803. The van der Waals surface area contributed by atoms with Crippen molar-refractivity contribution in [3.8, 4) is 0 Å². The van der Waals surface area contributed by atoms with Crippen molar-refractivity contribution in [3.05, 3.63) is 65.7 Å². The van der Waals surface area contributed by atoms with Gasteiger partial charge in [0.05, 0.1) is 6.54 Å². The summed E-state index contributed by atoms with van der Waals surface area (Å²) in [7, 11) is 0. The zero-order valence-electron chi connectivity index (χ0n) is 17.2. The van der Waals surface area contributed by atoms with Crippen LogP contribution in [0.25, 0.3) is 0 Å². The molecule has 7 nitrogen and oxygen atoms in total. The van der Waals surface area contributed by atoms with Gasteiger partial charge in [-0.1, -0.05) is 48.5 Å². The molecule has 30 heavy (non-hydrogen) atoms. The Morgan fingerprint density at radius 3 is 2.50 bits per heavy atom. The van der Waals surface area contributed by atoms with Crippen molar-refractivity contribution in [3.63, 3.8) is 0 Å². The highest BCUT2D eigenvalue weighted by molar-refractivity contribution is 6.00. The number of amides is 2. The fourth-order valence-corrected chi connectivity index (χ4v) is 3.23. The molecule has 0 saturated carbocycles. The van der Waals surface area contributed by atoms with Crippen molar-refractivity contribution < 1.29 is 23.9 Å². The van der Waals surface area contributed by atoms with Gasteiger partial charge in [0, 0.05) is 12.1 Å². The Bertz CT molecular complexity index is 911. The van der Waals surface area contributed by atoms with Crippen LogP contribution in [0.2, 0.25) is 0 Å². The Kier molecular flexibility index (Phi) is 6.72. The Labute approximate surface area is 176 Å². The van der Waals surface area contributed by atoms with Crippen molar-refractivity contribution in [2.45, 2.75) is 38.9 Å². The van der Waals surface area contributed by atoms with Crippen LogP contribution in [0.1, 0.15) is 31.4 Å². The van der Waals surface area contributed by atoms with Crippen molar-refractivity contribution in [1.29, 1.82) is 0 Å². The third-order valence-corrected chi connectivity index (χ3v) is 4.74. The maximum Gasteiger partial charge on any atom is 0.407 e. The summed E-state index contributed by atoms with van der Waals surface area (Å²) in [6, 6.07) is 16.9. The van der Waals surface area contributed by atoms with Gasteiger partial charge in [-0.2, -0.15) is 0 Å². The summed E-state index contributed by atoms with van der Waals surface area (Å²) in [6.45, 7) is 3.45. The van der Waals surface area contributed by atoms with Crippen LogP contribution >= 0.6 is 0 Å². The maximum atomic E-state index is 12.5. The molecular formula is C23H26N2O5. The van der Waals surface area contributed by atoms with Gasteiger partial charge in [0.25, 0.3) is 0 Å². The van der Waals surface area contributed by atoms with Crippen LogP contribution in [0.3, 0.4) is 0 Å². The van der Waals surface area contributed by atoms with Gasteiger partial charge in [-0.15, -0.1) is 0 Å². The average molecular weight is 410 g/mol. The second-order valence-corrected chi connectivity index (χ2v) is 7.76. The number of para-hydroxylation sites is 1. The zero-order valence-corrected chi connectivity index (χ0v) is 17.2. The van der Waals surface area contributed by atoms with E-state index in [-0.39, 0.29) is 25.6 Å². The van der Waals surface area contributed by atoms with Gasteiger partial charge in [0.15, 0.2) is 0 Å². The molecule has 3 rings (SSSR count). The van der Waals surface area contributed by atoms with Crippen LogP contribution in [0.15, 0.2) is 54.6 Å². The summed E-state index contributed by atoms with van der Waals surface area (Å²) >= 11 is 0. The molecule has 1 aliphatic heterocycles. The third kappa shape index (κ3) is 5.83. The molecule has 1 heterocycles. The van der Waals surface area contributed by atoms with Crippen LogP contribution in [0.4, 0.5) is 10.5 Å². The van der Waals surface area contributed by atoms with Gasteiger partial charge in [-0.3, -0.25) is 9.59 Å². The largest absolute Gasteiger partial charge is 0.456 e. The lowest BCUT2D eigenvalue weighted by molar-refractivity contribution is -0.154. The number of aryl methyl sites for hydroxylation is 1. The number of rotatable bonds is 7. The van der Waals surface area contributed by atoms with E-state index < -0.39 is 17.7 Å². The topological polar surface area (TPSA) is 84.9 Å². The number of nitrogens with one attached hydrogen (secondary N) is 1. The van der Waals surface area contributed by atoms with Gasteiger partial charge in [-0.25, -0.2) is 4.79 Å². The van der Waals surface area contributed by atoms with E-state index in [9.17, 15) is 14.4 Å². The summed E-state index contributed by atoms with van der Waals surface area (Å²) in [6.07, 6.45) is 0.437. The predicted molar refractivity (Wildman–Crippen MR) is 112 cm³/mol. The van der Waals surface area contributed by atoms with Gasteiger partial charge in [0.1, 0.15) is 18.8 Å². The first kappa shape index (κ1) is 21.4. The molecule has 158 valence electrons. The normalized spacial score (nSPS) is 13.4.